The van der Waals surface area contributed by atoms with Crippen LogP contribution in [0.3, 0.4) is 0 Å². The minimum atomic E-state index is -0.477. The van der Waals surface area contributed by atoms with Gasteiger partial charge >= 0.3 is 12.1 Å². The molecule has 6 heteroatoms. The van der Waals surface area contributed by atoms with Crippen LogP contribution in [0.1, 0.15) is 62.0 Å². The minimum Gasteiger partial charge on any atom is -0.465 e. The highest BCUT2D eigenvalue weighted by atomic mass is 16.6. The Morgan fingerprint density at radius 2 is 2.08 bits per heavy atom. The molecule has 0 spiro atoms. The maximum atomic E-state index is 11.7. The lowest BCUT2D eigenvalue weighted by molar-refractivity contribution is 0.0524. The summed E-state index contributed by atoms with van der Waals surface area (Å²) in [6.45, 7) is 8.06. The number of amides is 1. The van der Waals surface area contributed by atoms with E-state index in [0.717, 1.165) is 37.9 Å². The molecule has 0 aromatic heterocycles. The quantitative estimate of drug-likeness (QED) is 0.619. The van der Waals surface area contributed by atoms with Crippen LogP contribution in [0.5, 0.6) is 0 Å². The Morgan fingerprint density at radius 1 is 1.31 bits per heavy atom. The average molecular weight is 362 g/mol. The van der Waals surface area contributed by atoms with Crippen LogP contribution in [-0.2, 0) is 9.47 Å². The molecular formula is C20H30N2O4. The highest BCUT2D eigenvalue weighted by Crippen LogP contribution is 2.32. The molecule has 1 aromatic carbocycles. The molecule has 0 bridgehead atoms. The first-order valence-corrected chi connectivity index (χ1v) is 9.19. The molecule has 2 rings (SSSR count). The molecule has 1 unspecified atom stereocenters. The molecule has 0 aliphatic carbocycles. The lowest BCUT2D eigenvalue weighted by Crippen LogP contribution is -2.34. The Kier molecular flexibility index (Phi) is 7.03. The fourth-order valence-electron chi connectivity index (χ4n) is 3.25. The predicted octanol–water partition coefficient (Wildman–Crippen LogP) is 3.52. The number of nitrogens with one attached hydrogen (secondary N) is 1. The van der Waals surface area contributed by atoms with Gasteiger partial charge in [-0.05, 0) is 64.3 Å². The van der Waals surface area contributed by atoms with E-state index < -0.39 is 5.60 Å². The van der Waals surface area contributed by atoms with Crippen LogP contribution in [0, 0.1) is 0 Å². The molecule has 6 nitrogen and oxygen atoms in total. The van der Waals surface area contributed by atoms with Gasteiger partial charge in [0.05, 0.1) is 12.7 Å². The third kappa shape index (κ3) is 6.02. The Labute approximate surface area is 155 Å². The van der Waals surface area contributed by atoms with Crippen LogP contribution in [0.25, 0.3) is 0 Å². The fourth-order valence-corrected chi connectivity index (χ4v) is 3.25. The Morgan fingerprint density at radius 3 is 2.77 bits per heavy atom. The third-order valence-corrected chi connectivity index (χ3v) is 4.35. The second-order valence-corrected chi connectivity index (χ2v) is 7.59. The van der Waals surface area contributed by atoms with Crippen molar-refractivity contribution in [3.05, 3.63) is 35.4 Å². The van der Waals surface area contributed by atoms with Gasteiger partial charge in [0, 0.05) is 19.1 Å². The number of carbonyl (C=O) groups is 2. The number of nitrogens with zero attached hydrogens (tertiary/aromatic N) is 1. The summed E-state index contributed by atoms with van der Waals surface area (Å²) in [5.41, 5.74) is 1.25. The highest BCUT2D eigenvalue weighted by Gasteiger charge is 2.26. The van der Waals surface area contributed by atoms with Crippen LogP contribution in [0.4, 0.5) is 4.79 Å². The number of hydrogen-bond donors (Lipinski definition) is 1. The van der Waals surface area contributed by atoms with Gasteiger partial charge in [0.1, 0.15) is 5.60 Å². The number of benzene rings is 1. The van der Waals surface area contributed by atoms with Gasteiger partial charge in [0.2, 0.25) is 0 Å². The molecule has 144 valence electrons. The number of carbonyl (C=O) groups excluding carboxylic acids is 2. The standard InChI is InChI=1S/C20H30N2O4/c1-20(2,3)26-19(24)21-11-7-13-22-12-6-10-17(22)15-8-5-9-16(14-15)18(23)25-4/h5,8-9,14,17H,6-7,10-13H2,1-4H3,(H,21,24). The van der Waals surface area contributed by atoms with Gasteiger partial charge in [0.15, 0.2) is 0 Å². The summed E-state index contributed by atoms with van der Waals surface area (Å²) in [7, 11) is 1.40. The van der Waals surface area contributed by atoms with E-state index in [1.54, 1.807) is 6.07 Å². The van der Waals surface area contributed by atoms with Crippen molar-refractivity contribution < 1.29 is 19.1 Å². The van der Waals surface area contributed by atoms with Crippen molar-refractivity contribution in [1.29, 1.82) is 0 Å². The largest absolute Gasteiger partial charge is 0.465 e. The van der Waals surface area contributed by atoms with Crippen LogP contribution >= 0.6 is 0 Å². The van der Waals surface area contributed by atoms with E-state index in [9.17, 15) is 9.59 Å². The van der Waals surface area contributed by atoms with Crippen molar-refractivity contribution >= 4 is 12.1 Å². The summed E-state index contributed by atoms with van der Waals surface area (Å²) >= 11 is 0. The molecular weight excluding hydrogens is 332 g/mol. The molecule has 26 heavy (non-hydrogen) atoms. The molecule has 1 heterocycles. The molecule has 1 aliphatic rings. The average Bonchev–Trinajstić information content (AvgIpc) is 3.05. The second kappa shape index (κ2) is 9.03. The van der Waals surface area contributed by atoms with E-state index >= 15 is 0 Å². The fraction of sp³-hybridized carbons (Fsp3) is 0.600. The van der Waals surface area contributed by atoms with E-state index in [1.807, 2.05) is 32.9 Å². The number of alkyl carbamates (subject to hydrolysis) is 1. The first-order valence-electron chi connectivity index (χ1n) is 9.19. The number of esters is 1. The molecule has 1 aliphatic heterocycles. The SMILES string of the molecule is COC(=O)c1cccc(C2CCCN2CCCNC(=O)OC(C)(C)C)c1. The zero-order valence-electron chi connectivity index (χ0n) is 16.2. The predicted molar refractivity (Wildman–Crippen MR) is 100 cm³/mol. The van der Waals surface area contributed by atoms with E-state index in [4.69, 9.17) is 9.47 Å². The maximum Gasteiger partial charge on any atom is 0.407 e. The van der Waals surface area contributed by atoms with E-state index in [1.165, 1.54) is 7.11 Å². The van der Waals surface area contributed by atoms with Crippen LogP contribution in [0.2, 0.25) is 0 Å². The lowest BCUT2D eigenvalue weighted by atomic mass is 10.0. The van der Waals surface area contributed by atoms with Crippen molar-refractivity contribution in [3.63, 3.8) is 0 Å². The Balaban J connectivity index is 1.85. The number of likely N-dealkylation sites (tertiary alicyclic amines) is 1. The van der Waals surface area contributed by atoms with Gasteiger partial charge in [-0.2, -0.15) is 0 Å². The normalized spacial score (nSPS) is 17.8. The lowest BCUT2D eigenvalue weighted by Gasteiger charge is -2.25. The summed E-state index contributed by atoms with van der Waals surface area (Å²) in [5, 5.41) is 2.80. The van der Waals surface area contributed by atoms with Gasteiger partial charge in [-0.15, -0.1) is 0 Å². The van der Waals surface area contributed by atoms with Gasteiger partial charge in [-0.25, -0.2) is 9.59 Å². The first kappa shape index (κ1) is 20.2. The molecule has 1 atom stereocenters. The van der Waals surface area contributed by atoms with Crippen LogP contribution < -0.4 is 5.32 Å². The minimum absolute atomic E-state index is 0.307. The summed E-state index contributed by atoms with van der Waals surface area (Å²) in [5.74, 6) is -0.307. The monoisotopic (exact) mass is 362 g/mol. The van der Waals surface area contributed by atoms with Gasteiger partial charge in [-0.1, -0.05) is 12.1 Å². The Bertz CT molecular complexity index is 624. The number of hydrogen-bond acceptors (Lipinski definition) is 5. The van der Waals surface area contributed by atoms with Crippen molar-refractivity contribution in [2.45, 2.75) is 51.7 Å². The number of rotatable bonds is 6. The number of ether oxygens (including phenoxy) is 2. The smallest absolute Gasteiger partial charge is 0.407 e. The van der Waals surface area contributed by atoms with E-state index in [-0.39, 0.29) is 12.1 Å². The van der Waals surface area contributed by atoms with Crippen molar-refractivity contribution in [3.8, 4) is 0 Å². The molecule has 1 aromatic rings. The van der Waals surface area contributed by atoms with Gasteiger partial charge in [0.25, 0.3) is 0 Å². The third-order valence-electron chi connectivity index (χ3n) is 4.35. The van der Waals surface area contributed by atoms with Crippen LogP contribution in [-0.4, -0.2) is 49.3 Å². The van der Waals surface area contributed by atoms with E-state index in [0.29, 0.717) is 18.2 Å². The maximum absolute atomic E-state index is 11.7. The molecule has 0 radical (unpaired) electrons. The zero-order valence-corrected chi connectivity index (χ0v) is 16.2. The molecule has 1 fully saturated rings. The van der Waals surface area contributed by atoms with Crippen molar-refractivity contribution in [2.24, 2.45) is 0 Å². The van der Waals surface area contributed by atoms with Crippen molar-refractivity contribution in [1.82, 2.24) is 10.2 Å². The van der Waals surface area contributed by atoms with Gasteiger partial charge in [-0.3, -0.25) is 4.90 Å². The molecule has 0 saturated carbocycles. The van der Waals surface area contributed by atoms with E-state index in [2.05, 4.69) is 16.3 Å². The van der Waals surface area contributed by atoms with Crippen LogP contribution in [0.15, 0.2) is 24.3 Å². The summed E-state index contributed by atoms with van der Waals surface area (Å²) in [4.78, 5) is 25.8. The molecule has 1 saturated heterocycles. The zero-order chi connectivity index (χ0) is 19.2. The summed E-state index contributed by atoms with van der Waals surface area (Å²) in [6.07, 6.45) is 2.68. The second-order valence-electron chi connectivity index (χ2n) is 7.59. The number of methoxy groups -OCH3 is 1. The topological polar surface area (TPSA) is 67.9 Å². The van der Waals surface area contributed by atoms with Crippen molar-refractivity contribution in [2.75, 3.05) is 26.7 Å². The molecule has 1 amide bonds. The first-order chi connectivity index (χ1) is 12.3. The molecule has 1 N–H and O–H groups in total. The Hall–Kier alpha value is -2.08. The summed E-state index contributed by atoms with van der Waals surface area (Å²) in [6, 6.07) is 7.98. The highest BCUT2D eigenvalue weighted by molar-refractivity contribution is 5.89. The van der Waals surface area contributed by atoms with Gasteiger partial charge < -0.3 is 14.8 Å². The summed E-state index contributed by atoms with van der Waals surface area (Å²) < 4.78 is 10.1.